The third kappa shape index (κ3) is 4.97. The van der Waals surface area contributed by atoms with Crippen molar-refractivity contribution in [2.24, 2.45) is 0 Å². The van der Waals surface area contributed by atoms with Gasteiger partial charge in [0.25, 0.3) is 0 Å². The second kappa shape index (κ2) is 9.22. The molecule has 1 fully saturated rings. The lowest BCUT2D eigenvalue weighted by Gasteiger charge is -2.15. The SMILES string of the molecule is O=C(CCCOc1cccc2ccccc12)NCCC(=O)N1CCCC1. The van der Waals surface area contributed by atoms with Crippen molar-refractivity contribution in [2.75, 3.05) is 26.2 Å². The predicted molar refractivity (Wildman–Crippen MR) is 102 cm³/mol. The molecular weight excluding hydrogens is 328 g/mol. The summed E-state index contributed by atoms with van der Waals surface area (Å²) in [6, 6.07) is 14.1. The van der Waals surface area contributed by atoms with E-state index in [2.05, 4.69) is 17.4 Å². The van der Waals surface area contributed by atoms with Crippen LogP contribution >= 0.6 is 0 Å². The van der Waals surface area contributed by atoms with Gasteiger partial charge in [-0.25, -0.2) is 0 Å². The fourth-order valence-electron chi connectivity index (χ4n) is 3.26. The maximum atomic E-state index is 11.9. The first kappa shape index (κ1) is 18.2. The zero-order chi connectivity index (χ0) is 18.2. The van der Waals surface area contributed by atoms with Crippen LogP contribution < -0.4 is 10.1 Å². The topological polar surface area (TPSA) is 58.6 Å². The van der Waals surface area contributed by atoms with E-state index in [0.29, 0.717) is 32.4 Å². The average molecular weight is 354 g/mol. The highest BCUT2D eigenvalue weighted by Gasteiger charge is 2.17. The van der Waals surface area contributed by atoms with Crippen LogP contribution in [0.25, 0.3) is 10.8 Å². The standard InChI is InChI=1S/C21H26N2O3/c24-20(22-13-12-21(25)23-14-3-4-15-23)11-6-16-26-19-10-5-8-17-7-1-2-9-18(17)19/h1-2,5,7-10H,3-4,6,11-16H2,(H,22,24). The smallest absolute Gasteiger partial charge is 0.224 e. The number of nitrogens with zero attached hydrogens (tertiary/aromatic N) is 1. The molecule has 1 aliphatic heterocycles. The van der Waals surface area contributed by atoms with E-state index in [9.17, 15) is 9.59 Å². The van der Waals surface area contributed by atoms with Crippen LogP contribution in [0.1, 0.15) is 32.1 Å². The van der Waals surface area contributed by atoms with Crippen molar-refractivity contribution in [3.8, 4) is 5.75 Å². The number of likely N-dealkylation sites (tertiary alicyclic amines) is 1. The Balaban J connectivity index is 1.33. The minimum atomic E-state index is -0.0271. The average Bonchev–Trinajstić information content (AvgIpc) is 3.20. The molecule has 1 heterocycles. The first-order valence-electron chi connectivity index (χ1n) is 9.39. The van der Waals surface area contributed by atoms with Crippen LogP contribution in [-0.2, 0) is 9.59 Å². The molecule has 26 heavy (non-hydrogen) atoms. The van der Waals surface area contributed by atoms with Crippen LogP contribution in [0.5, 0.6) is 5.75 Å². The number of rotatable bonds is 8. The van der Waals surface area contributed by atoms with E-state index in [1.807, 2.05) is 35.2 Å². The maximum absolute atomic E-state index is 11.9. The van der Waals surface area contributed by atoms with Crippen molar-refractivity contribution in [3.05, 3.63) is 42.5 Å². The van der Waals surface area contributed by atoms with Crippen molar-refractivity contribution in [1.82, 2.24) is 10.2 Å². The van der Waals surface area contributed by atoms with Crippen molar-refractivity contribution in [1.29, 1.82) is 0 Å². The van der Waals surface area contributed by atoms with Crippen LogP contribution in [0.2, 0.25) is 0 Å². The van der Waals surface area contributed by atoms with Gasteiger partial charge in [-0.2, -0.15) is 0 Å². The lowest BCUT2D eigenvalue weighted by atomic mass is 10.1. The lowest BCUT2D eigenvalue weighted by Crippen LogP contribution is -2.32. The molecule has 0 aromatic heterocycles. The Labute approximate surface area is 154 Å². The number of carbonyl (C=O) groups excluding carboxylic acids is 2. The number of carbonyl (C=O) groups is 2. The number of ether oxygens (including phenoxy) is 1. The fraction of sp³-hybridized carbons (Fsp3) is 0.429. The molecule has 2 aromatic rings. The minimum absolute atomic E-state index is 0.0271. The van der Waals surface area contributed by atoms with Gasteiger partial charge in [-0.05, 0) is 30.7 Å². The Hall–Kier alpha value is -2.56. The van der Waals surface area contributed by atoms with Crippen molar-refractivity contribution < 1.29 is 14.3 Å². The molecule has 2 amide bonds. The Morgan fingerprint density at radius 1 is 1.00 bits per heavy atom. The second-order valence-electron chi connectivity index (χ2n) is 6.62. The van der Waals surface area contributed by atoms with Gasteiger partial charge in [-0.15, -0.1) is 0 Å². The molecule has 138 valence electrons. The Bertz CT molecular complexity index is 749. The summed E-state index contributed by atoms with van der Waals surface area (Å²) < 4.78 is 5.84. The molecular formula is C21H26N2O3. The zero-order valence-electron chi connectivity index (χ0n) is 15.1. The minimum Gasteiger partial charge on any atom is -0.493 e. The molecule has 0 saturated carbocycles. The number of hydrogen-bond acceptors (Lipinski definition) is 3. The quantitative estimate of drug-likeness (QED) is 0.741. The van der Waals surface area contributed by atoms with Gasteiger partial charge in [0.1, 0.15) is 5.75 Å². The van der Waals surface area contributed by atoms with Gasteiger partial charge in [0.05, 0.1) is 6.61 Å². The lowest BCUT2D eigenvalue weighted by molar-refractivity contribution is -0.130. The van der Waals surface area contributed by atoms with Crippen LogP contribution in [0.15, 0.2) is 42.5 Å². The highest BCUT2D eigenvalue weighted by molar-refractivity contribution is 5.88. The van der Waals surface area contributed by atoms with E-state index in [0.717, 1.165) is 42.5 Å². The number of benzene rings is 2. The third-order valence-electron chi connectivity index (χ3n) is 4.68. The van der Waals surface area contributed by atoms with Gasteiger partial charge >= 0.3 is 0 Å². The van der Waals surface area contributed by atoms with Crippen LogP contribution in [0.4, 0.5) is 0 Å². The van der Waals surface area contributed by atoms with Gasteiger partial charge in [0, 0.05) is 37.9 Å². The predicted octanol–water partition coefficient (Wildman–Crippen LogP) is 3.13. The first-order chi connectivity index (χ1) is 12.7. The molecule has 1 aliphatic rings. The number of hydrogen-bond donors (Lipinski definition) is 1. The first-order valence-corrected chi connectivity index (χ1v) is 9.39. The molecule has 0 atom stereocenters. The molecule has 0 aliphatic carbocycles. The number of nitrogens with one attached hydrogen (secondary N) is 1. The molecule has 1 saturated heterocycles. The molecule has 2 aromatic carbocycles. The summed E-state index contributed by atoms with van der Waals surface area (Å²) in [6.07, 6.45) is 3.62. The molecule has 1 N–H and O–H groups in total. The normalized spacial score (nSPS) is 13.8. The van der Waals surface area contributed by atoms with E-state index in [1.165, 1.54) is 0 Å². The van der Waals surface area contributed by atoms with E-state index >= 15 is 0 Å². The molecule has 0 spiro atoms. The van der Waals surface area contributed by atoms with E-state index in [-0.39, 0.29) is 11.8 Å². The summed E-state index contributed by atoms with van der Waals surface area (Å²) in [4.78, 5) is 25.7. The Kier molecular flexibility index (Phi) is 6.47. The summed E-state index contributed by atoms with van der Waals surface area (Å²) in [7, 11) is 0. The zero-order valence-corrected chi connectivity index (χ0v) is 15.1. The van der Waals surface area contributed by atoms with Gasteiger partial charge in [-0.1, -0.05) is 36.4 Å². The molecule has 5 heteroatoms. The second-order valence-corrected chi connectivity index (χ2v) is 6.62. The molecule has 0 bridgehead atoms. The van der Waals surface area contributed by atoms with Crippen molar-refractivity contribution in [3.63, 3.8) is 0 Å². The van der Waals surface area contributed by atoms with Crippen LogP contribution in [-0.4, -0.2) is 43.0 Å². The molecule has 0 radical (unpaired) electrons. The van der Waals surface area contributed by atoms with Crippen LogP contribution in [0.3, 0.4) is 0 Å². The van der Waals surface area contributed by atoms with Gasteiger partial charge < -0.3 is 15.0 Å². The van der Waals surface area contributed by atoms with E-state index < -0.39 is 0 Å². The van der Waals surface area contributed by atoms with Gasteiger partial charge in [-0.3, -0.25) is 9.59 Å². The monoisotopic (exact) mass is 354 g/mol. The van der Waals surface area contributed by atoms with E-state index in [4.69, 9.17) is 4.74 Å². The Morgan fingerprint density at radius 2 is 1.77 bits per heavy atom. The number of fused-ring (bicyclic) bond motifs is 1. The summed E-state index contributed by atoms with van der Waals surface area (Å²) >= 11 is 0. The summed E-state index contributed by atoms with van der Waals surface area (Å²) in [5.41, 5.74) is 0. The fourth-order valence-corrected chi connectivity index (χ4v) is 3.26. The molecule has 5 nitrogen and oxygen atoms in total. The van der Waals surface area contributed by atoms with Crippen LogP contribution in [0, 0.1) is 0 Å². The summed E-state index contributed by atoms with van der Waals surface area (Å²) in [6.45, 7) is 2.63. The highest BCUT2D eigenvalue weighted by Crippen LogP contribution is 2.25. The highest BCUT2D eigenvalue weighted by atomic mass is 16.5. The third-order valence-corrected chi connectivity index (χ3v) is 4.68. The van der Waals surface area contributed by atoms with Gasteiger partial charge in [0.15, 0.2) is 0 Å². The number of amides is 2. The largest absolute Gasteiger partial charge is 0.493 e. The van der Waals surface area contributed by atoms with Gasteiger partial charge in [0.2, 0.25) is 11.8 Å². The molecule has 0 unspecified atom stereocenters. The van der Waals surface area contributed by atoms with E-state index in [1.54, 1.807) is 0 Å². The maximum Gasteiger partial charge on any atom is 0.224 e. The summed E-state index contributed by atoms with van der Waals surface area (Å²) in [5.74, 6) is 0.961. The van der Waals surface area contributed by atoms with Crippen molar-refractivity contribution >= 4 is 22.6 Å². The summed E-state index contributed by atoms with van der Waals surface area (Å²) in [5, 5.41) is 5.05. The molecule has 3 rings (SSSR count). The Morgan fingerprint density at radius 3 is 2.62 bits per heavy atom. The van der Waals surface area contributed by atoms with Crippen molar-refractivity contribution in [2.45, 2.75) is 32.1 Å².